The number of nitro groups is 1. The smallest absolute Gasteiger partial charge is 0.306 e. The molecule has 2 aromatic rings. The predicted molar refractivity (Wildman–Crippen MR) is 94.1 cm³/mol. The molecule has 0 fully saturated rings. The number of nitrogens with zero attached hydrogens (tertiary/aromatic N) is 3. The maximum atomic E-state index is 12.5. The minimum Gasteiger partial charge on any atom is -0.497 e. The topological polar surface area (TPSA) is 109 Å². The number of amides is 1. The van der Waals surface area contributed by atoms with Gasteiger partial charge in [0.25, 0.3) is 0 Å². The van der Waals surface area contributed by atoms with Gasteiger partial charge in [-0.2, -0.15) is 5.10 Å². The summed E-state index contributed by atoms with van der Waals surface area (Å²) < 4.78 is 12.0. The van der Waals surface area contributed by atoms with E-state index in [0.717, 1.165) is 11.8 Å². The Balaban J connectivity index is 2.04. The van der Waals surface area contributed by atoms with Crippen LogP contribution in [-0.4, -0.2) is 34.8 Å². The largest absolute Gasteiger partial charge is 0.497 e. The minimum absolute atomic E-state index is 0.105. The summed E-state index contributed by atoms with van der Waals surface area (Å²) in [6.45, 7) is 3.82. The van der Waals surface area contributed by atoms with E-state index in [1.165, 1.54) is 10.9 Å². The maximum absolute atomic E-state index is 12.5. The van der Waals surface area contributed by atoms with Gasteiger partial charge in [-0.15, -0.1) is 0 Å². The van der Waals surface area contributed by atoms with Gasteiger partial charge in [0.05, 0.1) is 37.6 Å². The average Bonchev–Trinajstić information content (AvgIpc) is 3.09. The highest BCUT2D eigenvalue weighted by atomic mass is 16.6. The number of carbonyl (C=O) groups is 1. The number of hydrogen-bond donors (Lipinski definition) is 1. The van der Waals surface area contributed by atoms with Gasteiger partial charge < -0.3 is 14.8 Å². The van der Waals surface area contributed by atoms with E-state index in [1.54, 1.807) is 33.3 Å². The first-order chi connectivity index (χ1) is 12.3. The van der Waals surface area contributed by atoms with Crippen LogP contribution in [0, 0.1) is 16.0 Å². The summed E-state index contributed by atoms with van der Waals surface area (Å²) in [5, 5.41) is 17.5. The van der Waals surface area contributed by atoms with Crippen LogP contribution < -0.4 is 14.8 Å². The maximum Gasteiger partial charge on any atom is 0.306 e. The molecule has 1 aromatic carbocycles. The van der Waals surface area contributed by atoms with Crippen molar-refractivity contribution in [3.05, 3.63) is 46.3 Å². The second-order valence-corrected chi connectivity index (χ2v) is 5.92. The summed E-state index contributed by atoms with van der Waals surface area (Å²) in [7, 11) is 3.13. The molecule has 1 N–H and O–H groups in total. The first-order valence-electron chi connectivity index (χ1n) is 8.04. The molecule has 0 saturated heterocycles. The summed E-state index contributed by atoms with van der Waals surface area (Å²) in [5.41, 5.74) is 0.689. The molecule has 0 spiro atoms. The van der Waals surface area contributed by atoms with Gasteiger partial charge >= 0.3 is 5.69 Å². The van der Waals surface area contributed by atoms with Gasteiger partial charge in [0.2, 0.25) is 5.91 Å². The number of carbonyl (C=O) groups excluding carboxylic acids is 1. The molecule has 0 aliphatic heterocycles. The van der Waals surface area contributed by atoms with Crippen molar-refractivity contribution >= 4 is 11.6 Å². The number of hydrogen-bond acceptors (Lipinski definition) is 6. The van der Waals surface area contributed by atoms with Gasteiger partial charge in [0.1, 0.15) is 23.9 Å². The van der Waals surface area contributed by atoms with Gasteiger partial charge in [0, 0.05) is 5.56 Å². The first kappa shape index (κ1) is 19.2. The molecule has 0 unspecified atom stereocenters. The highest BCUT2D eigenvalue weighted by molar-refractivity contribution is 5.78. The Morgan fingerprint density at radius 2 is 2.08 bits per heavy atom. The number of benzene rings is 1. The van der Waals surface area contributed by atoms with Crippen LogP contribution in [0.5, 0.6) is 11.5 Å². The van der Waals surface area contributed by atoms with E-state index in [1.807, 2.05) is 13.0 Å². The Morgan fingerprint density at radius 1 is 1.35 bits per heavy atom. The van der Waals surface area contributed by atoms with Gasteiger partial charge in [-0.25, -0.2) is 0 Å². The molecule has 140 valence electrons. The van der Waals surface area contributed by atoms with Crippen LogP contribution in [0.1, 0.15) is 25.5 Å². The normalized spacial score (nSPS) is 12.9. The molecule has 2 atom stereocenters. The lowest BCUT2D eigenvalue weighted by Crippen LogP contribution is -2.33. The van der Waals surface area contributed by atoms with Crippen molar-refractivity contribution in [3.8, 4) is 11.5 Å². The zero-order valence-electron chi connectivity index (χ0n) is 15.1. The van der Waals surface area contributed by atoms with E-state index in [2.05, 4.69) is 10.4 Å². The Hall–Kier alpha value is -3.10. The van der Waals surface area contributed by atoms with Crippen LogP contribution in [-0.2, 0) is 11.3 Å². The molecule has 1 aromatic heterocycles. The molecule has 9 nitrogen and oxygen atoms in total. The van der Waals surface area contributed by atoms with Gasteiger partial charge in [-0.1, -0.05) is 6.92 Å². The highest BCUT2D eigenvalue weighted by Gasteiger charge is 2.20. The van der Waals surface area contributed by atoms with E-state index in [9.17, 15) is 14.9 Å². The standard InChI is InChI=1S/C17H22N4O5/c1-11(9-20-10-13(8-18-20)21(23)24)17(22)19-12(2)15-7-14(25-3)5-6-16(15)26-4/h5-8,10-12H,9H2,1-4H3,(H,19,22)/t11-,12-/m1/s1. The molecule has 0 aliphatic rings. The summed E-state index contributed by atoms with van der Waals surface area (Å²) in [4.78, 5) is 22.6. The fraction of sp³-hybridized carbons (Fsp3) is 0.412. The molecule has 0 radical (unpaired) electrons. The van der Waals surface area contributed by atoms with Crippen molar-refractivity contribution in [2.45, 2.75) is 26.4 Å². The van der Waals surface area contributed by atoms with Gasteiger partial charge in [-0.05, 0) is 25.1 Å². The third-order valence-corrected chi connectivity index (χ3v) is 4.00. The Labute approximate surface area is 151 Å². The van der Waals surface area contributed by atoms with Crippen LogP contribution >= 0.6 is 0 Å². The molecule has 2 rings (SSSR count). The third kappa shape index (κ3) is 4.50. The van der Waals surface area contributed by atoms with E-state index in [4.69, 9.17) is 9.47 Å². The average molecular weight is 362 g/mol. The van der Waals surface area contributed by atoms with E-state index in [0.29, 0.717) is 11.5 Å². The summed E-state index contributed by atoms with van der Waals surface area (Å²) in [6.07, 6.45) is 2.46. The quantitative estimate of drug-likeness (QED) is 0.570. The molecule has 0 aliphatic carbocycles. The fourth-order valence-electron chi connectivity index (χ4n) is 2.52. The van der Waals surface area contributed by atoms with E-state index < -0.39 is 10.8 Å². The molecule has 26 heavy (non-hydrogen) atoms. The van der Waals surface area contributed by atoms with Crippen LogP contribution in [0.15, 0.2) is 30.6 Å². The van der Waals surface area contributed by atoms with Crippen LogP contribution in [0.25, 0.3) is 0 Å². The van der Waals surface area contributed by atoms with Crippen LogP contribution in [0.3, 0.4) is 0 Å². The van der Waals surface area contributed by atoms with E-state index in [-0.39, 0.29) is 24.2 Å². The van der Waals surface area contributed by atoms with Crippen LogP contribution in [0.4, 0.5) is 5.69 Å². The van der Waals surface area contributed by atoms with Crippen molar-refractivity contribution in [1.29, 1.82) is 0 Å². The number of aromatic nitrogens is 2. The number of nitrogens with one attached hydrogen (secondary N) is 1. The summed E-state index contributed by atoms with van der Waals surface area (Å²) in [5.74, 6) is 0.696. The van der Waals surface area contributed by atoms with Crippen molar-refractivity contribution in [1.82, 2.24) is 15.1 Å². The molecular weight excluding hydrogens is 340 g/mol. The first-order valence-corrected chi connectivity index (χ1v) is 8.04. The van der Waals surface area contributed by atoms with Crippen molar-refractivity contribution in [2.75, 3.05) is 14.2 Å². The molecular formula is C17H22N4O5. The molecule has 9 heteroatoms. The van der Waals surface area contributed by atoms with Crippen molar-refractivity contribution in [2.24, 2.45) is 5.92 Å². The number of rotatable bonds is 8. The van der Waals surface area contributed by atoms with Crippen LogP contribution in [0.2, 0.25) is 0 Å². The predicted octanol–water partition coefficient (Wildman–Crippen LogP) is 2.32. The summed E-state index contributed by atoms with van der Waals surface area (Å²) >= 11 is 0. The Bertz CT molecular complexity index is 789. The van der Waals surface area contributed by atoms with Gasteiger partial charge in [-0.3, -0.25) is 19.6 Å². The third-order valence-electron chi connectivity index (χ3n) is 4.00. The minimum atomic E-state index is -0.522. The second-order valence-electron chi connectivity index (χ2n) is 5.92. The summed E-state index contributed by atoms with van der Waals surface area (Å²) in [6, 6.07) is 5.07. The van der Waals surface area contributed by atoms with Crippen molar-refractivity contribution < 1.29 is 19.2 Å². The number of methoxy groups -OCH3 is 2. The highest BCUT2D eigenvalue weighted by Crippen LogP contribution is 2.29. The molecule has 0 saturated carbocycles. The zero-order valence-corrected chi connectivity index (χ0v) is 15.1. The van der Waals surface area contributed by atoms with Crippen molar-refractivity contribution in [3.63, 3.8) is 0 Å². The molecule has 0 bridgehead atoms. The molecule has 1 amide bonds. The lowest BCUT2D eigenvalue weighted by Gasteiger charge is -2.20. The van der Waals surface area contributed by atoms with Gasteiger partial charge in [0.15, 0.2) is 0 Å². The molecule has 1 heterocycles. The lowest BCUT2D eigenvalue weighted by molar-refractivity contribution is -0.385. The lowest BCUT2D eigenvalue weighted by atomic mass is 10.0. The second kappa shape index (κ2) is 8.32. The SMILES string of the molecule is COc1ccc(OC)c([C@@H](C)NC(=O)[C@H](C)Cn2cc([N+](=O)[O-])cn2)c1. The number of ether oxygens (including phenoxy) is 2. The Kier molecular flexibility index (Phi) is 6.16. The monoisotopic (exact) mass is 362 g/mol. The zero-order chi connectivity index (χ0) is 19.3. The Morgan fingerprint density at radius 3 is 2.65 bits per heavy atom. The fourth-order valence-corrected chi connectivity index (χ4v) is 2.52. The van der Waals surface area contributed by atoms with E-state index >= 15 is 0 Å².